The van der Waals surface area contributed by atoms with Gasteiger partial charge in [0, 0.05) is 24.0 Å². The van der Waals surface area contributed by atoms with E-state index in [4.69, 9.17) is 0 Å². The van der Waals surface area contributed by atoms with Gasteiger partial charge in [0.15, 0.2) is 9.84 Å². The van der Waals surface area contributed by atoms with Crippen molar-refractivity contribution in [2.45, 2.75) is 46.3 Å². The summed E-state index contributed by atoms with van der Waals surface area (Å²) in [6.45, 7) is 9.06. The van der Waals surface area contributed by atoms with Gasteiger partial charge in [0.25, 0.3) is 0 Å². The van der Waals surface area contributed by atoms with Crippen LogP contribution in [0.5, 0.6) is 0 Å². The number of rotatable bonds is 6. The summed E-state index contributed by atoms with van der Waals surface area (Å²) >= 11 is 0. The summed E-state index contributed by atoms with van der Waals surface area (Å²) in [6, 6.07) is 1.91. The fraction of sp³-hybridized carbons (Fsp3) is 0.750. The first-order chi connectivity index (χ1) is 8.23. The summed E-state index contributed by atoms with van der Waals surface area (Å²) in [4.78, 5) is 0. The zero-order valence-corrected chi connectivity index (χ0v) is 12.4. The third-order valence-electron chi connectivity index (χ3n) is 2.66. The van der Waals surface area contributed by atoms with Gasteiger partial charge in [0.05, 0.1) is 18.0 Å². The van der Waals surface area contributed by atoms with Crippen LogP contribution in [0.1, 0.15) is 33.4 Å². The second kappa shape index (κ2) is 5.84. The standard InChI is InChI=1S/C12H23N3O2S/c1-5-18(16,17)9-8-15-11(6-7-14-15)10-13-12(2,3)4/h6-7,13H,5,8-10H2,1-4H3. The second-order valence-corrected chi connectivity index (χ2v) is 7.86. The molecule has 0 fully saturated rings. The molecule has 1 aromatic heterocycles. The van der Waals surface area contributed by atoms with Crippen molar-refractivity contribution in [3.05, 3.63) is 18.0 Å². The molecule has 1 heterocycles. The van der Waals surface area contributed by atoms with Crippen molar-refractivity contribution >= 4 is 9.84 Å². The van der Waals surface area contributed by atoms with Gasteiger partial charge in [-0.05, 0) is 26.8 Å². The molecule has 0 atom stereocenters. The van der Waals surface area contributed by atoms with E-state index >= 15 is 0 Å². The van der Waals surface area contributed by atoms with E-state index in [0.717, 1.165) is 5.69 Å². The first kappa shape index (κ1) is 15.2. The third kappa shape index (κ3) is 5.18. The predicted molar refractivity (Wildman–Crippen MR) is 73.1 cm³/mol. The van der Waals surface area contributed by atoms with Crippen LogP contribution in [-0.4, -0.2) is 35.2 Å². The van der Waals surface area contributed by atoms with Gasteiger partial charge in [0.2, 0.25) is 0 Å². The van der Waals surface area contributed by atoms with Crippen molar-refractivity contribution in [2.24, 2.45) is 0 Å². The first-order valence-electron chi connectivity index (χ1n) is 6.19. The number of hydrogen-bond donors (Lipinski definition) is 1. The molecule has 1 aromatic rings. The van der Waals surface area contributed by atoms with E-state index in [-0.39, 0.29) is 17.0 Å². The van der Waals surface area contributed by atoms with Gasteiger partial charge >= 0.3 is 0 Å². The highest BCUT2D eigenvalue weighted by Gasteiger charge is 2.12. The minimum Gasteiger partial charge on any atom is -0.306 e. The lowest BCUT2D eigenvalue weighted by molar-refractivity contribution is 0.413. The van der Waals surface area contributed by atoms with Crippen molar-refractivity contribution in [2.75, 3.05) is 11.5 Å². The Bertz CT molecular complexity index is 472. The van der Waals surface area contributed by atoms with Crippen LogP contribution in [0.25, 0.3) is 0 Å². The van der Waals surface area contributed by atoms with Gasteiger partial charge in [-0.3, -0.25) is 4.68 Å². The molecular weight excluding hydrogens is 250 g/mol. The predicted octanol–water partition coefficient (Wildman–Crippen LogP) is 1.21. The van der Waals surface area contributed by atoms with E-state index < -0.39 is 9.84 Å². The Morgan fingerprint density at radius 2 is 2.06 bits per heavy atom. The van der Waals surface area contributed by atoms with E-state index in [0.29, 0.717) is 13.1 Å². The maximum Gasteiger partial charge on any atom is 0.151 e. The monoisotopic (exact) mass is 273 g/mol. The highest BCUT2D eigenvalue weighted by atomic mass is 32.2. The Morgan fingerprint density at radius 3 is 2.61 bits per heavy atom. The zero-order chi connectivity index (χ0) is 13.8. The van der Waals surface area contributed by atoms with Crippen molar-refractivity contribution in [1.82, 2.24) is 15.1 Å². The summed E-state index contributed by atoms with van der Waals surface area (Å²) in [5.41, 5.74) is 1.04. The van der Waals surface area contributed by atoms with E-state index in [1.165, 1.54) is 0 Å². The van der Waals surface area contributed by atoms with Crippen LogP contribution in [0, 0.1) is 0 Å². The quantitative estimate of drug-likeness (QED) is 0.846. The third-order valence-corrected chi connectivity index (χ3v) is 4.34. The molecule has 0 saturated carbocycles. The summed E-state index contributed by atoms with van der Waals surface area (Å²) in [6.07, 6.45) is 1.71. The number of aryl methyl sites for hydroxylation is 1. The normalized spacial score (nSPS) is 12.9. The van der Waals surface area contributed by atoms with Crippen molar-refractivity contribution < 1.29 is 8.42 Å². The lowest BCUT2D eigenvalue weighted by Crippen LogP contribution is -2.35. The molecule has 1 N–H and O–H groups in total. The molecule has 0 aliphatic carbocycles. The van der Waals surface area contributed by atoms with E-state index in [2.05, 4.69) is 31.2 Å². The maximum absolute atomic E-state index is 11.5. The van der Waals surface area contributed by atoms with Crippen molar-refractivity contribution in [1.29, 1.82) is 0 Å². The maximum atomic E-state index is 11.5. The average molecular weight is 273 g/mol. The van der Waals surface area contributed by atoms with Crippen LogP contribution in [0.4, 0.5) is 0 Å². The molecule has 6 heteroatoms. The van der Waals surface area contributed by atoms with Gasteiger partial charge in [-0.1, -0.05) is 6.92 Å². The molecule has 0 aromatic carbocycles. The van der Waals surface area contributed by atoms with Crippen LogP contribution in [0.3, 0.4) is 0 Å². The topological polar surface area (TPSA) is 64.0 Å². The van der Waals surface area contributed by atoms with Crippen LogP contribution in [-0.2, 0) is 22.9 Å². The van der Waals surface area contributed by atoms with Gasteiger partial charge in [-0.25, -0.2) is 8.42 Å². The molecule has 0 aliphatic heterocycles. The fourth-order valence-corrected chi connectivity index (χ4v) is 2.18. The molecule has 0 unspecified atom stereocenters. The van der Waals surface area contributed by atoms with Crippen LogP contribution < -0.4 is 5.32 Å². The Balaban J connectivity index is 2.61. The molecule has 0 spiro atoms. The van der Waals surface area contributed by atoms with Crippen molar-refractivity contribution in [3.8, 4) is 0 Å². The molecule has 104 valence electrons. The number of sulfone groups is 1. The summed E-state index contributed by atoms with van der Waals surface area (Å²) < 4.78 is 24.7. The van der Waals surface area contributed by atoms with Crippen LogP contribution >= 0.6 is 0 Å². The minimum atomic E-state index is -2.94. The zero-order valence-electron chi connectivity index (χ0n) is 11.6. The van der Waals surface area contributed by atoms with Gasteiger partial charge < -0.3 is 5.32 Å². The summed E-state index contributed by atoms with van der Waals surface area (Å²) in [7, 11) is -2.94. The van der Waals surface area contributed by atoms with Crippen molar-refractivity contribution in [3.63, 3.8) is 0 Å². The van der Waals surface area contributed by atoms with Gasteiger partial charge in [-0.2, -0.15) is 5.10 Å². The molecule has 0 bridgehead atoms. The number of aromatic nitrogens is 2. The highest BCUT2D eigenvalue weighted by Crippen LogP contribution is 2.05. The highest BCUT2D eigenvalue weighted by molar-refractivity contribution is 7.91. The molecule has 0 amide bonds. The molecular formula is C12H23N3O2S. The molecule has 0 saturated heterocycles. The number of hydrogen-bond acceptors (Lipinski definition) is 4. The van der Waals surface area contributed by atoms with E-state index in [1.807, 2.05) is 6.07 Å². The Hall–Kier alpha value is -0.880. The van der Waals surface area contributed by atoms with Crippen LogP contribution in [0.2, 0.25) is 0 Å². The smallest absolute Gasteiger partial charge is 0.151 e. The Kier molecular flexibility index (Phi) is 4.92. The average Bonchev–Trinajstić information content (AvgIpc) is 2.70. The molecule has 1 rings (SSSR count). The van der Waals surface area contributed by atoms with Crippen LogP contribution in [0.15, 0.2) is 12.3 Å². The number of nitrogens with zero attached hydrogens (tertiary/aromatic N) is 2. The largest absolute Gasteiger partial charge is 0.306 e. The molecule has 18 heavy (non-hydrogen) atoms. The lowest BCUT2D eigenvalue weighted by Gasteiger charge is -2.20. The fourth-order valence-electron chi connectivity index (χ4n) is 1.44. The first-order valence-corrected chi connectivity index (χ1v) is 8.02. The van der Waals surface area contributed by atoms with Gasteiger partial charge in [0.1, 0.15) is 0 Å². The van der Waals surface area contributed by atoms with E-state index in [9.17, 15) is 8.42 Å². The summed E-state index contributed by atoms with van der Waals surface area (Å²) in [5, 5.41) is 7.53. The van der Waals surface area contributed by atoms with Gasteiger partial charge in [-0.15, -0.1) is 0 Å². The SMILES string of the molecule is CCS(=O)(=O)CCn1nccc1CNC(C)(C)C. The molecule has 5 nitrogen and oxygen atoms in total. The second-order valence-electron chi connectivity index (χ2n) is 5.39. The summed E-state index contributed by atoms with van der Waals surface area (Å²) in [5.74, 6) is 0.331. The number of nitrogens with one attached hydrogen (secondary N) is 1. The molecule has 0 aliphatic rings. The van der Waals surface area contributed by atoms with E-state index in [1.54, 1.807) is 17.8 Å². The molecule has 0 radical (unpaired) electrons. The lowest BCUT2D eigenvalue weighted by atomic mass is 10.1. The minimum absolute atomic E-state index is 0.0323. The Morgan fingerprint density at radius 1 is 1.39 bits per heavy atom. The Labute approximate surface area is 109 Å².